The minimum Gasteiger partial charge on any atom is -0.351 e. The van der Waals surface area contributed by atoms with Crippen LogP contribution in [0.1, 0.15) is 55.5 Å². The largest absolute Gasteiger partial charge is 0.351 e. The van der Waals surface area contributed by atoms with Gasteiger partial charge in [-0.3, -0.25) is 9.48 Å². The Morgan fingerprint density at radius 2 is 1.96 bits per heavy atom. The summed E-state index contributed by atoms with van der Waals surface area (Å²) in [4.78, 5) is 17.8. The minimum atomic E-state index is -0.271. The van der Waals surface area contributed by atoms with Crippen LogP contribution < -0.4 is 5.32 Å². The Kier molecular flexibility index (Phi) is 4.03. The molecule has 8 heteroatoms. The predicted molar refractivity (Wildman–Crippen MR) is 107 cm³/mol. The van der Waals surface area contributed by atoms with E-state index < -0.39 is 0 Å². The molecule has 4 bridgehead atoms. The summed E-state index contributed by atoms with van der Waals surface area (Å²) in [6, 6.07) is 0. The number of aromatic nitrogens is 5. The molecule has 4 aliphatic rings. The van der Waals surface area contributed by atoms with Crippen molar-refractivity contribution in [1.82, 2.24) is 29.9 Å². The van der Waals surface area contributed by atoms with Gasteiger partial charge in [-0.2, -0.15) is 5.10 Å². The van der Waals surface area contributed by atoms with Crippen molar-refractivity contribution in [3.63, 3.8) is 0 Å². The number of nitrogens with one attached hydrogen (secondary N) is 1. The summed E-state index contributed by atoms with van der Waals surface area (Å²) < 4.78 is 4.56. The Morgan fingerprint density at radius 1 is 1.25 bits per heavy atom. The van der Waals surface area contributed by atoms with Gasteiger partial charge in [0.15, 0.2) is 0 Å². The highest BCUT2D eigenvalue weighted by Gasteiger charge is 2.61. The van der Waals surface area contributed by atoms with Gasteiger partial charge in [0.05, 0.1) is 16.6 Å². The second-order valence-corrected chi connectivity index (χ2v) is 10.1. The van der Waals surface area contributed by atoms with E-state index in [1.165, 1.54) is 6.42 Å². The van der Waals surface area contributed by atoms with Crippen molar-refractivity contribution in [1.29, 1.82) is 0 Å². The summed E-state index contributed by atoms with van der Waals surface area (Å²) in [5.74, 6) is 1.43. The van der Waals surface area contributed by atoms with Gasteiger partial charge in [-0.25, -0.2) is 9.67 Å². The van der Waals surface area contributed by atoms with Gasteiger partial charge in [0.25, 0.3) is 0 Å². The molecule has 150 valence electrons. The minimum absolute atomic E-state index is 0.0550. The van der Waals surface area contributed by atoms with Crippen LogP contribution >= 0.6 is 15.9 Å². The molecule has 4 saturated carbocycles. The first-order chi connectivity index (χ1) is 13.3. The molecular weight excluding hydrogens is 420 g/mol. The summed E-state index contributed by atoms with van der Waals surface area (Å²) in [7, 11) is 1.95. The van der Waals surface area contributed by atoms with Crippen LogP contribution in [-0.2, 0) is 23.9 Å². The smallest absolute Gasteiger partial charge is 0.226 e. The van der Waals surface area contributed by atoms with E-state index in [2.05, 4.69) is 43.4 Å². The molecule has 2 heterocycles. The maximum Gasteiger partial charge on any atom is 0.226 e. The molecule has 0 aliphatic heterocycles. The molecule has 1 amide bonds. The summed E-state index contributed by atoms with van der Waals surface area (Å²) in [5, 5.41) is 12.3. The zero-order valence-electron chi connectivity index (χ0n) is 16.7. The third-order valence-corrected chi connectivity index (χ3v) is 7.91. The van der Waals surface area contributed by atoms with Crippen LogP contribution in [0.5, 0.6) is 0 Å². The number of rotatable bonds is 4. The molecule has 4 aliphatic carbocycles. The van der Waals surface area contributed by atoms with Crippen LogP contribution in [0.3, 0.4) is 0 Å². The third kappa shape index (κ3) is 2.67. The predicted octanol–water partition coefficient (Wildman–Crippen LogP) is 3.00. The molecule has 2 aromatic heterocycles. The highest BCUT2D eigenvalue weighted by molar-refractivity contribution is 9.10. The van der Waals surface area contributed by atoms with Gasteiger partial charge in [0, 0.05) is 24.8 Å². The van der Waals surface area contributed by atoms with Crippen molar-refractivity contribution < 1.29 is 4.79 Å². The Balaban J connectivity index is 1.40. The normalized spacial score (nSPS) is 33.4. The molecular formula is C20H27BrN6O. The van der Waals surface area contributed by atoms with E-state index in [-0.39, 0.29) is 16.9 Å². The van der Waals surface area contributed by atoms with E-state index in [9.17, 15) is 4.79 Å². The molecule has 0 saturated heterocycles. The average Bonchev–Trinajstić information content (AvgIpc) is 3.16. The fourth-order valence-corrected chi connectivity index (χ4v) is 6.91. The molecule has 0 radical (unpaired) electrons. The molecule has 28 heavy (non-hydrogen) atoms. The van der Waals surface area contributed by atoms with Crippen molar-refractivity contribution in [2.45, 2.75) is 64.5 Å². The summed E-state index contributed by atoms with van der Waals surface area (Å²) >= 11 is 3.39. The van der Waals surface area contributed by atoms with E-state index in [0.717, 1.165) is 49.1 Å². The monoisotopic (exact) mass is 446 g/mol. The number of hydrogen-bond acceptors (Lipinski definition) is 4. The Hall–Kier alpha value is -1.70. The first-order valence-corrected chi connectivity index (χ1v) is 10.9. The number of hydrogen-bond donors (Lipinski definition) is 1. The van der Waals surface area contributed by atoms with Crippen LogP contribution in [0.4, 0.5) is 0 Å². The van der Waals surface area contributed by atoms with Gasteiger partial charge in [0.2, 0.25) is 10.6 Å². The van der Waals surface area contributed by atoms with Crippen molar-refractivity contribution in [2.24, 2.45) is 24.3 Å². The van der Waals surface area contributed by atoms with Gasteiger partial charge >= 0.3 is 0 Å². The molecule has 2 aromatic rings. The fraction of sp³-hybridized carbons (Fsp3) is 0.700. The number of halogens is 1. The van der Waals surface area contributed by atoms with E-state index in [4.69, 9.17) is 0 Å². The number of aryl methyl sites for hydroxylation is 2. The van der Waals surface area contributed by atoms with Crippen LogP contribution in [0.15, 0.2) is 11.1 Å². The van der Waals surface area contributed by atoms with Gasteiger partial charge < -0.3 is 5.32 Å². The molecule has 6 rings (SSSR count). The lowest BCUT2D eigenvalue weighted by molar-refractivity contribution is -0.156. The van der Waals surface area contributed by atoms with Crippen LogP contribution in [0.2, 0.25) is 0 Å². The summed E-state index contributed by atoms with van der Waals surface area (Å²) in [6.07, 6.45) is 8.23. The van der Waals surface area contributed by atoms with Gasteiger partial charge in [0.1, 0.15) is 6.33 Å². The van der Waals surface area contributed by atoms with Crippen LogP contribution in [-0.4, -0.2) is 30.5 Å². The topological polar surface area (TPSA) is 77.6 Å². The van der Waals surface area contributed by atoms with E-state index in [1.807, 2.05) is 29.7 Å². The maximum atomic E-state index is 13.5. The Bertz CT molecular complexity index is 933. The van der Waals surface area contributed by atoms with Crippen molar-refractivity contribution >= 4 is 21.8 Å². The van der Waals surface area contributed by atoms with Gasteiger partial charge in [-0.05, 0) is 80.1 Å². The number of amides is 1. The number of carbonyl (C=O) groups excluding carboxylic acids is 1. The molecule has 7 nitrogen and oxygen atoms in total. The standard InChI is InChI=1S/C20H27BrN6O/c1-12-16(13(2)26(3)24-12)9-22-17(28)19-5-14-4-15(6-19)8-20(7-14,10-19)27-11-23-18(21)25-27/h11,14-15H,4-10H2,1-3H3,(H,22,28). The molecule has 2 atom stereocenters. The lowest BCUT2D eigenvalue weighted by Gasteiger charge is -2.60. The molecule has 4 fully saturated rings. The van der Waals surface area contributed by atoms with E-state index >= 15 is 0 Å². The summed E-state index contributed by atoms with van der Waals surface area (Å²) in [6.45, 7) is 4.63. The number of nitrogens with zero attached hydrogens (tertiary/aromatic N) is 5. The van der Waals surface area contributed by atoms with Crippen LogP contribution in [0.25, 0.3) is 0 Å². The lowest BCUT2D eigenvalue weighted by atomic mass is 9.46. The second kappa shape index (κ2) is 6.15. The molecule has 1 N–H and O–H groups in total. The van der Waals surface area contributed by atoms with Crippen molar-refractivity contribution in [3.05, 3.63) is 28.0 Å². The first kappa shape index (κ1) is 18.3. The third-order valence-electron chi connectivity index (χ3n) is 7.55. The average molecular weight is 447 g/mol. The zero-order valence-corrected chi connectivity index (χ0v) is 18.3. The van der Waals surface area contributed by atoms with Gasteiger partial charge in [-0.1, -0.05) is 0 Å². The van der Waals surface area contributed by atoms with Crippen molar-refractivity contribution in [3.8, 4) is 0 Å². The first-order valence-electron chi connectivity index (χ1n) is 10.2. The Morgan fingerprint density at radius 3 is 2.54 bits per heavy atom. The van der Waals surface area contributed by atoms with E-state index in [1.54, 1.807) is 0 Å². The Labute approximate surface area is 173 Å². The lowest BCUT2D eigenvalue weighted by Crippen LogP contribution is -2.61. The van der Waals surface area contributed by atoms with E-state index in [0.29, 0.717) is 23.1 Å². The summed E-state index contributed by atoms with van der Waals surface area (Å²) in [5.41, 5.74) is 2.92. The maximum absolute atomic E-state index is 13.5. The highest BCUT2D eigenvalue weighted by Crippen LogP contribution is 2.64. The van der Waals surface area contributed by atoms with Crippen LogP contribution in [0, 0.1) is 31.1 Å². The highest BCUT2D eigenvalue weighted by atomic mass is 79.9. The van der Waals surface area contributed by atoms with Gasteiger partial charge in [-0.15, -0.1) is 5.10 Å². The van der Waals surface area contributed by atoms with Crippen molar-refractivity contribution in [2.75, 3.05) is 0 Å². The molecule has 2 unspecified atom stereocenters. The number of carbonyl (C=O) groups is 1. The SMILES string of the molecule is Cc1nn(C)c(C)c1CNC(=O)C12CC3CC(C1)CC(n1cnc(Br)n1)(C3)C2. The second-order valence-electron chi connectivity index (χ2n) is 9.38. The quantitative estimate of drug-likeness (QED) is 0.782. The molecule has 0 spiro atoms. The zero-order chi connectivity index (χ0) is 19.7. The fourth-order valence-electron chi connectivity index (χ4n) is 6.65. The molecule has 0 aromatic carbocycles.